The minimum absolute atomic E-state index is 0.580. The SMILES string of the molecule is CCC.CCCC.CCCC.CCCC.Cc1ccc(C(c2ccc(C)cc2)(C(F)(F)F)C(F)(F)F)cc1. The van der Waals surface area contributed by atoms with Gasteiger partial charge in [-0.3, -0.25) is 0 Å². The molecule has 0 saturated heterocycles. The molecule has 0 saturated carbocycles. The van der Waals surface area contributed by atoms with Crippen molar-refractivity contribution in [2.24, 2.45) is 0 Å². The lowest BCUT2D eigenvalue weighted by molar-refractivity contribution is -0.288. The molecule has 0 nitrogen and oxygen atoms in total. The van der Waals surface area contributed by atoms with Crippen LogP contribution in [0.15, 0.2) is 48.5 Å². The fourth-order valence-electron chi connectivity index (χ4n) is 2.59. The molecule has 2 aromatic rings. The zero-order valence-corrected chi connectivity index (χ0v) is 25.3. The third kappa shape index (κ3) is 14.2. The highest BCUT2D eigenvalue weighted by molar-refractivity contribution is 5.45. The molecule has 0 N–H and O–H groups in total. The Morgan fingerprint density at radius 2 is 0.605 bits per heavy atom. The van der Waals surface area contributed by atoms with E-state index in [0.29, 0.717) is 11.1 Å². The highest BCUT2D eigenvalue weighted by Crippen LogP contribution is 2.56. The molecule has 0 aromatic heterocycles. The lowest BCUT2D eigenvalue weighted by Crippen LogP contribution is -2.54. The van der Waals surface area contributed by atoms with Crippen molar-refractivity contribution in [3.8, 4) is 0 Å². The van der Waals surface area contributed by atoms with Crippen molar-refractivity contribution >= 4 is 0 Å². The number of rotatable bonds is 5. The second kappa shape index (κ2) is 21.9. The number of aryl methyl sites for hydroxylation is 2. The number of halogens is 6. The Morgan fingerprint density at radius 1 is 0.421 bits per heavy atom. The van der Waals surface area contributed by atoms with E-state index in [1.165, 1.54) is 69.2 Å². The third-order valence-electron chi connectivity index (χ3n) is 5.32. The molecule has 0 aliphatic heterocycles. The van der Waals surface area contributed by atoms with Gasteiger partial charge in [0.25, 0.3) is 0 Å². The highest BCUT2D eigenvalue weighted by atomic mass is 19.4. The van der Waals surface area contributed by atoms with Gasteiger partial charge in [0.05, 0.1) is 0 Å². The van der Waals surface area contributed by atoms with Crippen LogP contribution in [0.25, 0.3) is 0 Å². The summed E-state index contributed by atoms with van der Waals surface area (Å²) in [4.78, 5) is 0. The van der Waals surface area contributed by atoms with Crippen molar-refractivity contribution in [2.75, 3.05) is 0 Å². The van der Waals surface area contributed by atoms with E-state index in [1.807, 2.05) is 0 Å². The molecule has 0 atom stereocenters. The summed E-state index contributed by atoms with van der Waals surface area (Å²) in [6.45, 7) is 20.5. The van der Waals surface area contributed by atoms with Gasteiger partial charge in [-0.1, -0.05) is 160 Å². The molecule has 0 unspecified atom stereocenters. The molecule has 222 valence electrons. The van der Waals surface area contributed by atoms with Crippen LogP contribution in [0.1, 0.15) is 123 Å². The minimum atomic E-state index is -5.53. The van der Waals surface area contributed by atoms with Crippen LogP contribution in [-0.2, 0) is 5.41 Å². The summed E-state index contributed by atoms with van der Waals surface area (Å²) in [6, 6.07) is 8.52. The summed E-state index contributed by atoms with van der Waals surface area (Å²) >= 11 is 0. The first-order chi connectivity index (χ1) is 17.7. The van der Waals surface area contributed by atoms with Crippen LogP contribution < -0.4 is 0 Å². The Morgan fingerprint density at radius 3 is 0.737 bits per heavy atom. The van der Waals surface area contributed by atoms with Crippen LogP contribution in [0.2, 0.25) is 0 Å². The minimum Gasteiger partial charge on any atom is -0.169 e. The molecular formula is C32H52F6. The van der Waals surface area contributed by atoms with E-state index < -0.39 is 28.9 Å². The molecule has 0 bridgehead atoms. The fourth-order valence-corrected chi connectivity index (χ4v) is 2.59. The van der Waals surface area contributed by atoms with Crippen LogP contribution >= 0.6 is 0 Å². The summed E-state index contributed by atoms with van der Waals surface area (Å²) in [6.07, 6.45) is -1.90. The Labute approximate surface area is 229 Å². The zero-order valence-electron chi connectivity index (χ0n) is 25.3. The first-order valence-corrected chi connectivity index (χ1v) is 13.9. The maximum Gasteiger partial charge on any atom is 0.411 e. The average Bonchev–Trinajstić information content (AvgIpc) is 2.86. The first-order valence-electron chi connectivity index (χ1n) is 13.9. The summed E-state index contributed by atoms with van der Waals surface area (Å²) in [5.74, 6) is 0. The monoisotopic (exact) mass is 550 g/mol. The Bertz CT molecular complexity index is 695. The van der Waals surface area contributed by atoms with Crippen molar-refractivity contribution in [2.45, 2.75) is 132 Å². The van der Waals surface area contributed by atoms with E-state index in [-0.39, 0.29) is 0 Å². The number of benzene rings is 2. The highest BCUT2D eigenvalue weighted by Gasteiger charge is 2.72. The summed E-state index contributed by atoms with van der Waals surface area (Å²) in [5.41, 5.74) is -4.58. The Kier molecular flexibility index (Phi) is 23.3. The average molecular weight is 551 g/mol. The van der Waals surface area contributed by atoms with Gasteiger partial charge in [-0.2, -0.15) is 26.3 Å². The molecule has 2 rings (SSSR count). The van der Waals surface area contributed by atoms with Crippen LogP contribution in [0, 0.1) is 13.8 Å². The maximum atomic E-state index is 13.7. The Hall–Kier alpha value is -1.98. The molecule has 0 fully saturated rings. The van der Waals surface area contributed by atoms with Gasteiger partial charge in [0, 0.05) is 0 Å². The first kappa shape index (κ1) is 40.5. The quantitative estimate of drug-likeness (QED) is 0.325. The van der Waals surface area contributed by atoms with Gasteiger partial charge in [-0.05, 0) is 25.0 Å². The zero-order chi connectivity index (χ0) is 30.4. The molecule has 6 heteroatoms. The molecule has 0 aliphatic carbocycles. The van der Waals surface area contributed by atoms with E-state index in [1.54, 1.807) is 13.8 Å². The largest absolute Gasteiger partial charge is 0.411 e. The number of unbranched alkanes of at least 4 members (excludes halogenated alkanes) is 3. The van der Waals surface area contributed by atoms with Gasteiger partial charge in [-0.25, -0.2) is 0 Å². The standard InChI is InChI=1S/C17H14F6.3C4H10.C3H8/c1-11-3-7-13(8-4-11)15(16(18,19)20,17(21,22)23)14-9-5-12(2)6-10-14;3*1-3-4-2;1-3-2/h3-10H,1-2H3;3*3-4H2,1-2H3;3H2,1-2H3. The van der Waals surface area contributed by atoms with Crippen molar-refractivity contribution < 1.29 is 26.3 Å². The number of hydrogen-bond acceptors (Lipinski definition) is 0. The van der Waals surface area contributed by atoms with Gasteiger partial charge in [-0.15, -0.1) is 0 Å². The lowest BCUT2D eigenvalue weighted by Gasteiger charge is -2.38. The van der Waals surface area contributed by atoms with E-state index >= 15 is 0 Å². The van der Waals surface area contributed by atoms with Crippen molar-refractivity contribution in [3.05, 3.63) is 70.8 Å². The second-order valence-corrected chi connectivity index (χ2v) is 9.18. The summed E-state index contributed by atoms with van der Waals surface area (Å²) in [7, 11) is 0. The summed E-state index contributed by atoms with van der Waals surface area (Å²) in [5, 5.41) is 0. The van der Waals surface area contributed by atoms with Crippen LogP contribution in [0.3, 0.4) is 0 Å². The molecule has 38 heavy (non-hydrogen) atoms. The molecule has 0 aliphatic rings. The molecular weight excluding hydrogens is 498 g/mol. The van der Waals surface area contributed by atoms with Crippen LogP contribution in [-0.4, -0.2) is 12.4 Å². The maximum absolute atomic E-state index is 13.7. The van der Waals surface area contributed by atoms with Gasteiger partial charge in [0.1, 0.15) is 0 Å². The Balaban J connectivity index is -0.000000673. The van der Waals surface area contributed by atoms with Crippen molar-refractivity contribution in [1.82, 2.24) is 0 Å². The molecule has 0 spiro atoms. The van der Waals surface area contributed by atoms with E-state index in [4.69, 9.17) is 0 Å². The van der Waals surface area contributed by atoms with Crippen molar-refractivity contribution in [1.29, 1.82) is 0 Å². The van der Waals surface area contributed by atoms with Crippen LogP contribution in [0.5, 0.6) is 0 Å². The van der Waals surface area contributed by atoms with Gasteiger partial charge >= 0.3 is 12.4 Å². The fraction of sp³-hybridized carbons (Fsp3) is 0.625. The van der Waals surface area contributed by atoms with E-state index in [0.717, 1.165) is 24.3 Å². The van der Waals surface area contributed by atoms with E-state index in [9.17, 15) is 26.3 Å². The number of hydrogen-bond donors (Lipinski definition) is 0. The molecule has 0 heterocycles. The predicted octanol–water partition coefficient (Wildman–Crippen LogP) is 12.5. The second-order valence-electron chi connectivity index (χ2n) is 9.18. The van der Waals surface area contributed by atoms with Gasteiger partial charge in [0.2, 0.25) is 5.41 Å². The smallest absolute Gasteiger partial charge is 0.169 e. The number of alkyl halides is 6. The normalized spacial score (nSPS) is 10.8. The predicted molar refractivity (Wildman–Crippen MR) is 153 cm³/mol. The molecule has 0 amide bonds. The van der Waals surface area contributed by atoms with Crippen molar-refractivity contribution in [3.63, 3.8) is 0 Å². The molecule has 2 aromatic carbocycles. The van der Waals surface area contributed by atoms with Gasteiger partial charge < -0.3 is 0 Å². The summed E-state index contributed by atoms with van der Waals surface area (Å²) < 4.78 is 82.3. The van der Waals surface area contributed by atoms with Crippen LogP contribution in [0.4, 0.5) is 26.3 Å². The van der Waals surface area contributed by atoms with Gasteiger partial charge in [0.15, 0.2) is 0 Å². The molecule has 0 radical (unpaired) electrons. The van der Waals surface area contributed by atoms with E-state index in [2.05, 4.69) is 55.4 Å². The third-order valence-corrected chi connectivity index (χ3v) is 5.32. The topological polar surface area (TPSA) is 0 Å². The lowest BCUT2D eigenvalue weighted by atomic mass is 9.72.